The van der Waals surface area contributed by atoms with Gasteiger partial charge in [0.1, 0.15) is 0 Å². The van der Waals surface area contributed by atoms with Crippen LogP contribution in [0.25, 0.3) is 10.8 Å². The average molecular weight is 377 g/mol. The minimum Gasteiger partial charge on any atom is -0.353 e. The van der Waals surface area contributed by atoms with Crippen LogP contribution in [0.3, 0.4) is 0 Å². The van der Waals surface area contributed by atoms with Crippen molar-refractivity contribution in [2.45, 2.75) is 32.7 Å². The van der Waals surface area contributed by atoms with Crippen molar-refractivity contribution in [1.82, 2.24) is 14.5 Å². The van der Waals surface area contributed by atoms with Gasteiger partial charge in [-0.3, -0.25) is 4.79 Å². The molecule has 1 saturated carbocycles. The number of aromatic nitrogens is 2. The van der Waals surface area contributed by atoms with Crippen LogP contribution < -0.4 is 20.3 Å². The first-order chi connectivity index (χ1) is 12.1. The summed E-state index contributed by atoms with van der Waals surface area (Å²) in [6, 6.07) is 3.89. The van der Waals surface area contributed by atoms with Crippen molar-refractivity contribution in [3.8, 4) is 0 Å². The molecule has 2 aromatic rings. The van der Waals surface area contributed by atoms with E-state index >= 15 is 0 Å². The quantitative estimate of drug-likeness (QED) is 0.800. The Morgan fingerprint density at radius 3 is 2.35 bits per heavy atom. The lowest BCUT2D eigenvalue weighted by atomic mass is 9.61. The van der Waals surface area contributed by atoms with E-state index in [9.17, 15) is 13.2 Å². The number of rotatable bonds is 3. The number of hydrogen-bond donors (Lipinski definition) is 2. The maximum atomic E-state index is 12.4. The number of aryl methyl sites for hydroxylation is 3. The molecule has 4 rings (SSSR count). The lowest BCUT2D eigenvalue weighted by Gasteiger charge is -2.59. The molecule has 1 aromatic carbocycles. The summed E-state index contributed by atoms with van der Waals surface area (Å²) in [4.78, 5) is 14.6. The van der Waals surface area contributed by atoms with E-state index in [4.69, 9.17) is 5.14 Å². The van der Waals surface area contributed by atoms with Gasteiger partial charge in [-0.15, -0.1) is 0 Å². The van der Waals surface area contributed by atoms with Crippen LogP contribution in [0, 0.1) is 19.3 Å². The Balaban J connectivity index is 1.59. The van der Waals surface area contributed by atoms with Crippen molar-refractivity contribution in [3.05, 3.63) is 33.6 Å². The van der Waals surface area contributed by atoms with Gasteiger partial charge < -0.3 is 4.90 Å². The maximum absolute atomic E-state index is 12.4. The highest BCUT2D eigenvalue weighted by molar-refractivity contribution is 7.87. The predicted octanol–water partition coefficient (Wildman–Crippen LogP) is 0.312. The molecular weight excluding hydrogens is 354 g/mol. The summed E-state index contributed by atoms with van der Waals surface area (Å²) in [6.07, 6.45) is 1.56. The minimum atomic E-state index is -3.65. The number of nitrogens with zero attached hydrogens (tertiary/aromatic N) is 3. The summed E-state index contributed by atoms with van der Waals surface area (Å²) in [7, 11) is -1.97. The van der Waals surface area contributed by atoms with Crippen molar-refractivity contribution in [2.24, 2.45) is 17.6 Å². The molecule has 1 aliphatic heterocycles. The van der Waals surface area contributed by atoms with Gasteiger partial charge in [0.05, 0.1) is 5.39 Å². The number of nitrogens with two attached hydrogens (primary N) is 1. The molecular formula is C17H23N5O3S. The highest BCUT2D eigenvalue weighted by Gasteiger charge is 2.53. The van der Waals surface area contributed by atoms with Crippen LogP contribution in [0.15, 0.2) is 16.9 Å². The van der Waals surface area contributed by atoms with Gasteiger partial charge in [-0.1, -0.05) is 0 Å². The number of fused-ring (bicyclic) bond motifs is 1. The third kappa shape index (κ3) is 2.80. The van der Waals surface area contributed by atoms with Crippen molar-refractivity contribution < 1.29 is 8.42 Å². The topological polar surface area (TPSA) is 110 Å². The summed E-state index contributed by atoms with van der Waals surface area (Å²) < 4.78 is 26.1. The summed E-state index contributed by atoms with van der Waals surface area (Å²) in [6.45, 7) is 5.65. The monoisotopic (exact) mass is 377 g/mol. The molecule has 2 fully saturated rings. The fourth-order valence-electron chi connectivity index (χ4n) is 4.30. The molecule has 2 aliphatic rings. The summed E-state index contributed by atoms with van der Waals surface area (Å²) >= 11 is 0. The van der Waals surface area contributed by atoms with Crippen molar-refractivity contribution in [2.75, 3.05) is 18.0 Å². The molecule has 0 bridgehead atoms. The first-order valence-corrected chi connectivity index (χ1v) is 10.1. The molecule has 1 aromatic heterocycles. The fraction of sp³-hybridized carbons (Fsp3) is 0.529. The molecule has 0 unspecified atom stereocenters. The van der Waals surface area contributed by atoms with Crippen LogP contribution in [0.4, 0.5) is 5.82 Å². The third-order valence-corrected chi connectivity index (χ3v) is 6.35. The van der Waals surface area contributed by atoms with E-state index in [1.54, 1.807) is 7.05 Å². The lowest BCUT2D eigenvalue weighted by molar-refractivity contribution is 0.0584. The zero-order valence-corrected chi connectivity index (χ0v) is 15.9. The largest absolute Gasteiger partial charge is 0.353 e. The second-order valence-electron chi connectivity index (χ2n) is 7.86. The summed E-state index contributed by atoms with van der Waals surface area (Å²) in [5.41, 5.74) is 2.24. The average Bonchev–Trinajstić information content (AvgIpc) is 2.45. The number of benzene rings is 1. The first kappa shape index (κ1) is 17.4. The van der Waals surface area contributed by atoms with Crippen LogP contribution in [-0.4, -0.2) is 37.3 Å². The van der Waals surface area contributed by atoms with E-state index in [1.165, 1.54) is 4.68 Å². The Hall–Kier alpha value is -1.97. The van der Waals surface area contributed by atoms with Crippen molar-refractivity contribution in [1.29, 1.82) is 0 Å². The van der Waals surface area contributed by atoms with E-state index in [1.807, 2.05) is 26.0 Å². The van der Waals surface area contributed by atoms with Gasteiger partial charge in [-0.05, 0) is 49.9 Å². The van der Waals surface area contributed by atoms with E-state index in [0.717, 1.165) is 48.3 Å². The zero-order valence-electron chi connectivity index (χ0n) is 15.1. The lowest BCUT2D eigenvalue weighted by Crippen LogP contribution is -2.67. The Labute approximate surface area is 152 Å². The number of hydrogen-bond acceptors (Lipinski definition) is 5. The molecule has 0 radical (unpaired) electrons. The zero-order chi connectivity index (χ0) is 18.9. The highest BCUT2D eigenvalue weighted by atomic mass is 32.2. The van der Waals surface area contributed by atoms with Crippen LogP contribution >= 0.6 is 0 Å². The standard InChI is InChI=1S/C17H23N5O3S/c1-10-4-13-14(5-11(10)2)16(23)21(3)19-15(13)22-8-17(9-22)6-12(7-17)20-26(18,24)25/h4-5,12,20H,6-9H2,1-3H3,(H2,18,24,25). The van der Waals surface area contributed by atoms with Crippen molar-refractivity contribution in [3.63, 3.8) is 0 Å². The summed E-state index contributed by atoms with van der Waals surface area (Å²) in [5.74, 6) is 0.818. The Morgan fingerprint density at radius 2 is 1.77 bits per heavy atom. The number of anilines is 1. The van der Waals surface area contributed by atoms with Gasteiger partial charge in [0.2, 0.25) is 0 Å². The highest BCUT2D eigenvalue weighted by Crippen LogP contribution is 2.50. The maximum Gasteiger partial charge on any atom is 0.274 e. The predicted molar refractivity (Wildman–Crippen MR) is 100 cm³/mol. The van der Waals surface area contributed by atoms with E-state index in [2.05, 4.69) is 14.7 Å². The van der Waals surface area contributed by atoms with Gasteiger partial charge in [0.15, 0.2) is 5.82 Å². The summed E-state index contributed by atoms with van der Waals surface area (Å²) in [5, 5.41) is 11.1. The Kier molecular flexibility index (Phi) is 3.70. The van der Waals surface area contributed by atoms with Gasteiger partial charge >= 0.3 is 0 Å². The molecule has 0 amide bonds. The first-order valence-electron chi connectivity index (χ1n) is 8.60. The van der Waals surface area contributed by atoms with Crippen molar-refractivity contribution >= 4 is 26.8 Å². The van der Waals surface area contributed by atoms with Gasteiger partial charge in [-0.25, -0.2) is 9.82 Å². The fourth-order valence-corrected chi connectivity index (χ4v) is 4.93. The molecule has 8 nitrogen and oxygen atoms in total. The normalized spacial score (nSPS) is 19.6. The third-order valence-electron chi connectivity index (χ3n) is 5.69. The van der Waals surface area contributed by atoms with Gasteiger partial charge in [0.25, 0.3) is 15.8 Å². The molecule has 2 heterocycles. The smallest absolute Gasteiger partial charge is 0.274 e. The molecule has 1 aliphatic carbocycles. The molecule has 9 heteroatoms. The molecule has 1 spiro atoms. The second-order valence-corrected chi connectivity index (χ2v) is 9.18. The van der Waals surface area contributed by atoms with E-state index in [0.29, 0.717) is 5.39 Å². The van der Waals surface area contributed by atoms with Gasteiger partial charge in [-0.2, -0.15) is 18.2 Å². The van der Waals surface area contributed by atoms with E-state index in [-0.39, 0.29) is 17.0 Å². The van der Waals surface area contributed by atoms with Gasteiger partial charge in [0, 0.05) is 37.0 Å². The van der Waals surface area contributed by atoms with Crippen LogP contribution in [0.2, 0.25) is 0 Å². The molecule has 26 heavy (non-hydrogen) atoms. The molecule has 140 valence electrons. The Morgan fingerprint density at radius 1 is 1.19 bits per heavy atom. The number of nitrogens with one attached hydrogen (secondary N) is 1. The SMILES string of the molecule is Cc1cc2c(N3CC4(CC(NS(N)(=O)=O)C4)C3)nn(C)c(=O)c2cc1C. The van der Waals surface area contributed by atoms with Crippen LogP contribution in [0.5, 0.6) is 0 Å². The molecule has 0 atom stereocenters. The second kappa shape index (κ2) is 5.51. The minimum absolute atomic E-state index is 0.0816. The van der Waals surface area contributed by atoms with Crippen LogP contribution in [-0.2, 0) is 17.3 Å². The molecule has 3 N–H and O–H groups in total. The molecule has 1 saturated heterocycles. The van der Waals surface area contributed by atoms with E-state index < -0.39 is 10.2 Å². The van der Waals surface area contributed by atoms with Crippen LogP contribution in [0.1, 0.15) is 24.0 Å². The Bertz CT molecular complexity index is 1060.